The van der Waals surface area contributed by atoms with Gasteiger partial charge in [0.05, 0.1) is 5.69 Å². The maximum Gasteiger partial charge on any atom is 0.415 e. The maximum absolute atomic E-state index is 13.1. The molecular weight excluding hydrogens is 605 g/mol. The zero-order chi connectivity index (χ0) is 23.3. The molecule has 0 unspecified atom stereocenters. The molecule has 0 heterocycles. The van der Waals surface area contributed by atoms with E-state index >= 15 is 0 Å². The number of hydrogen-bond acceptors (Lipinski definition) is 3. The fraction of sp³-hybridized carbons (Fsp3) is 0.240. The van der Waals surface area contributed by atoms with E-state index in [0.29, 0.717) is 18.0 Å². The topological polar surface area (TPSA) is 38.8 Å². The van der Waals surface area contributed by atoms with Crippen LogP contribution in [-0.4, -0.2) is 18.2 Å². The molecule has 0 aliphatic carbocycles. The Bertz CT molecular complexity index is 1130. The SMILES string of the molecule is CC(C)(C)OC(=O)N(CC=CCl)c1cc(OCc2ccccc2)c2c(Br)cccc2c1I. The molecule has 0 aliphatic rings. The lowest BCUT2D eigenvalue weighted by molar-refractivity contribution is 0.0584. The molecule has 168 valence electrons. The summed E-state index contributed by atoms with van der Waals surface area (Å²) >= 11 is 11.7. The molecule has 0 saturated heterocycles. The van der Waals surface area contributed by atoms with E-state index < -0.39 is 11.7 Å². The monoisotopic (exact) mass is 627 g/mol. The van der Waals surface area contributed by atoms with Gasteiger partial charge in [0.25, 0.3) is 0 Å². The predicted molar refractivity (Wildman–Crippen MR) is 144 cm³/mol. The van der Waals surface area contributed by atoms with E-state index in [1.165, 1.54) is 5.54 Å². The smallest absolute Gasteiger partial charge is 0.415 e. The first-order chi connectivity index (χ1) is 15.2. The molecule has 3 rings (SSSR count). The van der Waals surface area contributed by atoms with Gasteiger partial charge in [0, 0.05) is 37.0 Å². The summed E-state index contributed by atoms with van der Waals surface area (Å²) in [6, 6.07) is 17.8. The molecule has 7 heteroatoms. The summed E-state index contributed by atoms with van der Waals surface area (Å²) in [6.45, 7) is 6.21. The Balaban J connectivity index is 2.12. The average Bonchev–Trinajstić information content (AvgIpc) is 2.74. The summed E-state index contributed by atoms with van der Waals surface area (Å²) in [7, 11) is 0. The van der Waals surface area contributed by atoms with Crippen molar-refractivity contribution in [2.45, 2.75) is 33.0 Å². The maximum atomic E-state index is 13.1. The molecule has 0 bridgehead atoms. The van der Waals surface area contributed by atoms with Crippen molar-refractivity contribution in [3.05, 3.63) is 79.8 Å². The third-order valence-corrected chi connectivity index (χ3v) is 6.48. The lowest BCUT2D eigenvalue weighted by Crippen LogP contribution is -2.37. The molecule has 32 heavy (non-hydrogen) atoms. The minimum absolute atomic E-state index is 0.270. The molecule has 0 atom stereocenters. The van der Waals surface area contributed by atoms with E-state index in [1.807, 2.05) is 75.4 Å². The zero-order valence-electron chi connectivity index (χ0n) is 18.1. The highest BCUT2D eigenvalue weighted by Gasteiger charge is 2.26. The van der Waals surface area contributed by atoms with Crippen LogP contribution in [0.1, 0.15) is 26.3 Å². The van der Waals surface area contributed by atoms with E-state index in [1.54, 1.807) is 11.0 Å². The number of ether oxygens (including phenoxy) is 2. The van der Waals surface area contributed by atoms with Gasteiger partial charge in [-0.1, -0.05) is 76.1 Å². The molecule has 4 nitrogen and oxygen atoms in total. The minimum Gasteiger partial charge on any atom is -0.488 e. The number of anilines is 1. The van der Waals surface area contributed by atoms with Crippen molar-refractivity contribution in [2.75, 3.05) is 11.4 Å². The zero-order valence-corrected chi connectivity index (χ0v) is 22.6. The Morgan fingerprint density at radius 1 is 1.16 bits per heavy atom. The Kier molecular flexibility index (Phi) is 8.47. The van der Waals surface area contributed by atoms with E-state index in [9.17, 15) is 4.79 Å². The van der Waals surface area contributed by atoms with Crippen molar-refractivity contribution in [1.29, 1.82) is 0 Å². The second-order valence-corrected chi connectivity index (χ2v) is 10.3. The predicted octanol–water partition coefficient (Wildman–Crippen LogP) is 8.28. The van der Waals surface area contributed by atoms with Crippen molar-refractivity contribution < 1.29 is 14.3 Å². The largest absolute Gasteiger partial charge is 0.488 e. The summed E-state index contributed by atoms with van der Waals surface area (Å²) in [4.78, 5) is 14.7. The third kappa shape index (κ3) is 6.17. The van der Waals surface area contributed by atoms with Gasteiger partial charge in [-0.05, 0) is 55.0 Å². The van der Waals surface area contributed by atoms with Crippen LogP contribution in [0.3, 0.4) is 0 Å². The number of benzene rings is 3. The van der Waals surface area contributed by atoms with Crippen LogP contribution < -0.4 is 9.64 Å². The number of nitrogens with zero attached hydrogens (tertiary/aromatic N) is 1. The van der Waals surface area contributed by atoms with Crippen molar-refractivity contribution in [1.82, 2.24) is 0 Å². The van der Waals surface area contributed by atoms with Gasteiger partial charge in [-0.2, -0.15) is 0 Å². The summed E-state index contributed by atoms with van der Waals surface area (Å²) in [5.74, 6) is 0.676. The first-order valence-corrected chi connectivity index (χ1v) is 12.4. The van der Waals surface area contributed by atoms with Crippen LogP contribution in [0.15, 0.2) is 70.7 Å². The quantitative estimate of drug-likeness (QED) is 0.258. The molecule has 3 aromatic rings. The van der Waals surface area contributed by atoms with Gasteiger partial charge in [-0.15, -0.1) is 0 Å². The van der Waals surface area contributed by atoms with Gasteiger partial charge in [0.1, 0.15) is 18.0 Å². The van der Waals surface area contributed by atoms with Gasteiger partial charge in [-0.3, -0.25) is 4.90 Å². The van der Waals surface area contributed by atoms with E-state index in [2.05, 4.69) is 38.5 Å². The van der Waals surface area contributed by atoms with Crippen LogP contribution in [0, 0.1) is 3.57 Å². The summed E-state index contributed by atoms with van der Waals surface area (Å²) in [6.07, 6.45) is 1.26. The Hall–Kier alpha value is -1.77. The van der Waals surface area contributed by atoms with Gasteiger partial charge in [0.15, 0.2) is 0 Å². The van der Waals surface area contributed by atoms with Crippen LogP contribution in [-0.2, 0) is 11.3 Å². The highest BCUT2D eigenvalue weighted by atomic mass is 127. The molecule has 3 aromatic carbocycles. The number of carbonyl (C=O) groups is 1. The lowest BCUT2D eigenvalue weighted by Gasteiger charge is -2.28. The summed E-state index contributed by atoms with van der Waals surface area (Å²) in [5, 5.41) is 1.93. The Morgan fingerprint density at radius 3 is 2.53 bits per heavy atom. The number of rotatable bonds is 6. The Morgan fingerprint density at radius 2 is 1.88 bits per heavy atom. The molecule has 0 saturated carbocycles. The number of amides is 1. The lowest BCUT2D eigenvalue weighted by atomic mass is 10.1. The Labute approximate surface area is 215 Å². The van der Waals surface area contributed by atoms with Gasteiger partial charge in [-0.25, -0.2) is 4.79 Å². The fourth-order valence-corrected chi connectivity index (χ4v) is 4.67. The molecule has 0 fully saturated rings. The molecule has 0 aromatic heterocycles. The summed E-state index contributed by atoms with van der Waals surface area (Å²) < 4.78 is 13.8. The number of carbonyl (C=O) groups excluding carboxylic acids is 1. The first kappa shape index (κ1) is 24.9. The molecule has 0 N–H and O–H groups in total. The highest BCUT2D eigenvalue weighted by Crippen LogP contribution is 2.41. The second-order valence-electron chi connectivity index (χ2n) is 8.10. The number of hydrogen-bond donors (Lipinski definition) is 0. The molecule has 0 aliphatic heterocycles. The van der Waals surface area contributed by atoms with E-state index in [-0.39, 0.29) is 6.54 Å². The standard InChI is InChI=1S/C25H24BrClINO3/c1-25(2,3)32-24(30)29(14-8-13-27)20-15-21(31-16-17-9-5-4-6-10-17)22-18(23(20)28)11-7-12-19(22)26/h4-13,15H,14,16H2,1-3H3. The van der Waals surface area contributed by atoms with Crippen molar-refractivity contribution >= 4 is 72.7 Å². The number of fused-ring (bicyclic) bond motifs is 1. The molecule has 0 spiro atoms. The fourth-order valence-electron chi connectivity index (χ4n) is 3.13. The van der Waals surface area contributed by atoms with Gasteiger partial charge >= 0.3 is 6.09 Å². The van der Waals surface area contributed by atoms with Crippen molar-refractivity contribution in [3.63, 3.8) is 0 Å². The van der Waals surface area contributed by atoms with Crippen LogP contribution in [0.2, 0.25) is 0 Å². The van der Waals surface area contributed by atoms with Crippen molar-refractivity contribution in [2.24, 2.45) is 0 Å². The highest BCUT2D eigenvalue weighted by molar-refractivity contribution is 14.1. The van der Waals surface area contributed by atoms with E-state index in [4.69, 9.17) is 21.1 Å². The number of halogens is 3. The van der Waals surface area contributed by atoms with Crippen molar-refractivity contribution in [3.8, 4) is 5.75 Å². The second kappa shape index (κ2) is 10.9. The molecule has 0 radical (unpaired) electrons. The van der Waals surface area contributed by atoms with Gasteiger partial charge < -0.3 is 9.47 Å². The van der Waals surface area contributed by atoms with Crippen LogP contribution in [0.5, 0.6) is 5.75 Å². The molecular formula is C25H24BrClINO3. The third-order valence-electron chi connectivity index (χ3n) is 4.51. The minimum atomic E-state index is -0.627. The van der Waals surface area contributed by atoms with Crippen LogP contribution >= 0.6 is 50.1 Å². The normalized spacial score (nSPS) is 11.7. The average molecular weight is 629 g/mol. The summed E-state index contributed by atoms with van der Waals surface area (Å²) in [5.41, 5.74) is 2.53. The van der Waals surface area contributed by atoms with E-state index in [0.717, 1.165) is 24.4 Å². The molecule has 1 amide bonds. The first-order valence-electron chi connectivity index (χ1n) is 10.0. The van der Waals surface area contributed by atoms with Crippen LogP contribution in [0.25, 0.3) is 10.8 Å². The van der Waals surface area contributed by atoms with Crippen LogP contribution in [0.4, 0.5) is 10.5 Å². The van der Waals surface area contributed by atoms with Gasteiger partial charge in [0.2, 0.25) is 0 Å².